The predicted molar refractivity (Wildman–Crippen MR) is 242 cm³/mol. The summed E-state index contributed by atoms with van der Waals surface area (Å²) >= 11 is 0. The molecule has 0 aromatic rings. The lowest BCUT2D eigenvalue weighted by molar-refractivity contribution is -0.870. The third-order valence-electron chi connectivity index (χ3n) is 8.92. The summed E-state index contributed by atoms with van der Waals surface area (Å²) in [5.74, 6) is -0.922. The molecule has 0 aliphatic rings. The largest absolute Gasteiger partial charge is 0.472 e. The van der Waals surface area contributed by atoms with Crippen LogP contribution in [0, 0.1) is 0 Å². The Morgan fingerprint density at radius 2 is 1.02 bits per heavy atom. The Hall–Kier alpha value is -2.81. The maximum absolute atomic E-state index is 12.7. The van der Waals surface area contributed by atoms with Crippen molar-refractivity contribution in [2.24, 2.45) is 0 Å². The first-order valence-corrected chi connectivity index (χ1v) is 23.8. The van der Waals surface area contributed by atoms with Gasteiger partial charge in [0.25, 0.3) is 0 Å². The normalized spacial score (nSPS) is 14.4. The van der Waals surface area contributed by atoms with Crippen molar-refractivity contribution in [2.75, 3.05) is 47.5 Å². The average molecular weight is 833 g/mol. The number of hydrogen-bond donors (Lipinski definition) is 1. The second-order valence-corrected chi connectivity index (χ2v) is 17.1. The van der Waals surface area contributed by atoms with Crippen LogP contribution in [-0.4, -0.2) is 74.9 Å². The molecule has 0 radical (unpaired) electrons. The van der Waals surface area contributed by atoms with Crippen LogP contribution in [-0.2, 0) is 32.7 Å². The molecular formula is C48H83NO8P+. The minimum atomic E-state index is -4.40. The quantitative estimate of drug-likeness (QED) is 0.0214. The number of rotatable bonds is 39. The Morgan fingerprint density at radius 3 is 1.53 bits per heavy atom. The van der Waals surface area contributed by atoms with Gasteiger partial charge in [-0.1, -0.05) is 150 Å². The van der Waals surface area contributed by atoms with E-state index in [9.17, 15) is 19.0 Å². The number of carbonyl (C=O) groups is 2. The molecule has 10 heteroatoms. The van der Waals surface area contributed by atoms with Gasteiger partial charge >= 0.3 is 19.8 Å². The number of unbranched alkanes of at least 4 members (excludes halogenated alkanes) is 11. The predicted octanol–water partition coefficient (Wildman–Crippen LogP) is 12.8. The summed E-state index contributed by atoms with van der Waals surface area (Å²) in [5.41, 5.74) is 0. The smallest absolute Gasteiger partial charge is 0.462 e. The van der Waals surface area contributed by atoms with Crippen molar-refractivity contribution in [3.63, 3.8) is 0 Å². The third-order valence-corrected chi connectivity index (χ3v) is 9.91. The molecule has 332 valence electrons. The van der Waals surface area contributed by atoms with Crippen LogP contribution in [0.1, 0.15) is 155 Å². The molecule has 1 N–H and O–H groups in total. The molecule has 0 spiro atoms. The van der Waals surface area contributed by atoms with Crippen LogP contribution >= 0.6 is 7.82 Å². The van der Waals surface area contributed by atoms with Gasteiger partial charge in [0.2, 0.25) is 0 Å². The van der Waals surface area contributed by atoms with Gasteiger partial charge in [-0.3, -0.25) is 18.6 Å². The van der Waals surface area contributed by atoms with E-state index in [-0.39, 0.29) is 26.1 Å². The van der Waals surface area contributed by atoms with Crippen LogP contribution in [0.5, 0.6) is 0 Å². The lowest BCUT2D eigenvalue weighted by Crippen LogP contribution is -2.37. The van der Waals surface area contributed by atoms with Crippen LogP contribution in [0.15, 0.2) is 85.1 Å². The Labute approximate surface area is 354 Å². The van der Waals surface area contributed by atoms with Gasteiger partial charge in [0, 0.05) is 12.8 Å². The van der Waals surface area contributed by atoms with E-state index in [0.717, 1.165) is 64.2 Å². The molecule has 9 nitrogen and oxygen atoms in total. The second kappa shape index (κ2) is 39.6. The van der Waals surface area contributed by atoms with Crippen molar-refractivity contribution < 1.29 is 42.1 Å². The number of allylic oxidation sites excluding steroid dienone is 14. The van der Waals surface area contributed by atoms with Crippen LogP contribution in [0.4, 0.5) is 0 Å². The number of phosphoric ester groups is 1. The number of phosphoric acid groups is 1. The molecule has 0 fully saturated rings. The summed E-state index contributed by atoms with van der Waals surface area (Å²) in [6, 6.07) is 0. The van der Waals surface area contributed by atoms with E-state index in [1.165, 1.54) is 51.4 Å². The standard InChI is InChI=1S/C48H82NO8P/c1-6-8-10-12-14-16-18-20-22-23-24-25-27-28-30-32-34-36-38-40-47(50)54-44-46(45-56-58(52,53)55-43-42-49(3,4)5)57-48(51)41-39-37-35-33-31-29-26-21-19-17-15-13-11-9-7-2/h8,10,14,16,20,22,24-25,28-31,34,36,46H,6-7,9,11-13,15,17-19,21,23,26-27,32-33,35,37-45H2,1-5H3/p+1/b10-8+,16-14+,22-20+,25-24+,30-28+,31-29+,36-34+/t46-/m1/s1. The maximum atomic E-state index is 12.7. The number of ether oxygens (including phenoxy) is 2. The summed E-state index contributed by atoms with van der Waals surface area (Å²) < 4.78 is 34.2. The van der Waals surface area contributed by atoms with Crippen LogP contribution in [0.3, 0.4) is 0 Å². The summed E-state index contributed by atoms with van der Waals surface area (Å²) in [4.78, 5) is 35.3. The Kier molecular flexibility index (Phi) is 37.7. The number of hydrogen-bond acceptors (Lipinski definition) is 7. The zero-order chi connectivity index (χ0) is 42.8. The molecule has 0 rings (SSSR count). The first-order valence-electron chi connectivity index (χ1n) is 22.3. The zero-order valence-corrected chi connectivity index (χ0v) is 38.1. The molecule has 0 aromatic carbocycles. The molecular weight excluding hydrogens is 750 g/mol. The first-order chi connectivity index (χ1) is 28.0. The van der Waals surface area contributed by atoms with Gasteiger partial charge < -0.3 is 18.9 Å². The minimum Gasteiger partial charge on any atom is -0.462 e. The molecule has 58 heavy (non-hydrogen) atoms. The molecule has 0 aliphatic carbocycles. The summed E-state index contributed by atoms with van der Waals surface area (Å²) in [7, 11) is 1.42. The third kappa shape index (κ3) is 42.8. The van der Waals surface area contributed by atoms with E-state index < -0.39 is 32.5 Å². The van der Waals surface area contributed by atoms with Crippen molar-refractivity contribution >= 4 is 19.8 Å². The minimum absolute atomic E-state index is 0.0136. The summed E-state index contributed by atoms with van der Waals surface area (Å²) in [6.07, 6.45) is 50.8. The highest BCUT2D eigenvalue weighted by molar-refractivity contribution is 7.47. The first kappa shape index (κ1) is 55.2. The number of quaternary nitrogens is 1. The maximum Gasteiger partial charge on any atom is 0.472 e. The zero-order valence-electron chi connectivity index (χ0n) is 37.2. The topological polar surface area (TPSA) is 108 Å². The van der Waals surface area contributed by atoms with Gasteiger partial charge in [0.1, 0.15) is 19.8 Å². The SMILES string of the molecule is CC/C=C/C/C=C/C/C=C/C/C=C/C/C=C/C/C=C/CCC(=O)OC[C@H](COP(=O)(O)OCC[N+](C)(C)C)OC(=O)CCCCC/C=C/CCCCCCCCCC. The van der Waals surface area contributed by atoms with Gasteiger partial charge in [0.15, 0.2) is 6.10 Å². The fraction of sp³-hybridized carbons (Fsp3) is 0.667. The highest BCUT2D eigenvalue weighted by Gasteiger charge is 2.27. The van der Waals surface area contributed by atoms with Crippen molar-refractivity contribution in [3.8, 4) is 0 Å². The van der Waals surface area contributed by atoms with Crippen molar-refractivity contribution in [3.05, 3.63) is 85.1 Å². The Morgan fingerprint density at radius 1 is 0.552 bits per heavy atom. The summed E-state index contributed by atoms with van der Waals surface area (Å²) in [5, 5.41) is 0. The van der Waals surface area contributed by atoms with E-state index in [1.807, 2.05) is 33.3 Å². The monoisotopic (exact) mass is 833 g/mol. The fourth-order valence-electron chi connectivity index (χ4n) is 5.44. The molecule has 2 atom stereocenters. The second-order valence-electron chi connectivity index (χ2n) is 15.7. The Balaban J connectivity index is 4.51. The van der Waals surface area contributed by atoms with Gasteiger partial charge in [-0.2, -0.15) is 0 Å². The highest BCUT2D eigenvalue weighted by Crippen LogP contribution is 2.43. The van der Waals surface area contributed by atoms with Gasteiger partial charge in [-0.25, -0.2) is 4.57 Å². The molecule has 0 aliphatic heterocycles. The lowest BCUT2D eigenvalue weighted by Gasteiger charge is -2.24. The van der Waals surface area contributed by atoms with Crippen molar-refractivity contribution in [1.82, 2.24) is 0 Å². The Bertz CT molecular complexity index is 1260. The van der Waals surface area contributed by atoms with Gasteiger partial charge in [-0.15, -0.1) is 0 Å². The lowest BCUT2D eigenvalue weighted by atomic mass is 10.1. The fourth-order valence-corrected chi connectivity index (χ4v) is 6.19. The average Bonchev–Trinajstić information content (AvgIpc) is 3.17. The number of carbonyl (C=O) groups excluding carboxylic acids is 2. The molecule has 1 unspecified atom stereocenters. The van der Waals surface area contributed by atoms with Crippen LogP contribution < -0.4 is 0 Å². The molecule has 0 saturated heterocycles. The molecule has 0 saturated carbocycles. The van der Waals surface area contributed by atoms with Crippen LogP contribution in [0.2, 0.25) is 0 Å². The molecule has 0 bridgehead atoms. The highest BCUT2D eigenvalue weighted by atomic mass is 31.2. The molecule has 0 amide bonds. The number of esters is 2. The van der Waals surface area contributed by atoms with E-state index in [4.69, 9.17) is 18.5 Å². The van der Waals surface area contributed by atoms with E-state index in [0.29, 0.717) is 23.9 Å². The van der Waals surface area contributed by atoms with E-state index >= 15 is 0 Å². The van der Waals surface area contributed by atoms with E-state index in [2.05, 4.69) is 86.8 Å². The van der Waals surface area contributed by atoms with Gasteiger partial charge in [0.05, 0.1) is 27.7 Å². The molecule has 0 heterocycles. The number of nitrogens with zero attached hydrogens (tertiary/aromatic N) is 1. The van der Waals surface area contributed by atoms with Crippen molar-refractivity contribution in [2.45, 2.75) is 161 Å². The summed E-state index contributed by atoms with van der Waals surface area (Å²) in [6.45, 7) is 4.18. The number of likely N-dealkylation sites (N-methyl/N-ethyl adjacent to an activating group) is 1. The van der Waals surface area contributed by atoms with Crippen LogP contribution in [0.25, 0.3) is 0 Å². The van der Waals surface area contributed by atoms with E-state index in [1.54, 1.807) is 0 Å². The molecule has 0 aromatic heterocycles. The van der Waals surface area contributed by atoms with Crippen molar-refractivity contribution in [1.29, 1.82) is 0 Å². The van der Waals surface area contributed by atoms with Gasteiger partial charge in [-0.05, 0) is 77.0 Å².